The van der Waals surface area contributed by atoms with Gasteiger partial charge in [0, 0.05) is 44.1 Å². The number of rotatable bonds is 9. The van der Waals surface area contributed by atoms with Crippen molar-refractivity contribution in [3.63, 3.8) is 0 Å². The van der Waals surface area contributed by atoms with Gasteiger partial charge in [0.1, 0.15) is 18.0 Å². The minimum Gasteiger partial charge on any atom is -0.461 e. The van der Waals surface area contributed by atoms with Gasteiger partial charge in [-0.25, -0.2) is 4.39 Å². The van der Waals surface area contributed by atoms with Gasteiger partial charge in [0.2, 0.25) is 5.91 Å². The third-order valence-electron chi connectivity index (χ3n) is 9.66. The van der Waals surface area contributed by atoms with Crippen LogP contribution in [-0.2, 0) is 20.9 Å². The van der Waals surface area contributed by atoms with Crippen molar-refractivity contribution in [1.82, 2.24) is 20.1 Å². The molecule has 1 N–H and O–H groups in total. The van der Waals surface area contributed by atoms with Gasteiger partial charge in [-0.3, -0.25) is 29.1 Å². The zero-order chi connectivity index (χ0) is 33.2. The largest absolute Gasteiger partial charge is 0.461 e. The Kier molecular flexibility index (Phi) is 9.35. The summed E-state index contributed by atoms with van der Waals surface area (Å²) >= 11 is 0. The lowest BCUT2D eigenvalue weighted by Crippen LogP contribution is -2.45. The lowest BCUT2D eigenvalue weighted by atomic mass is 9.82. The average molecular weight is 642 g/mol. The van der Waals surface area contributed by atoms with Crippen LogP contribution in [0.1, 0.15) is 65.8 Å². The molecule has 2 fully saturated rings. The summed E-state index contributed by atoms with van der Waals surface area (Å²) in [6, 6.07) is 12.6. The number of amides is 3. The maximum Gasteiger partial charge on any atom is 0.320 e. The minimum atomic E-state index is -0.829. The SMILES string of the molecule is C[C@@H]1CCCN1CC(=O)O[C@H]1C[C@@H](CNC(=O)c2cc(F)cc(CN3C(=O)c4ccc(-c5ccncc5)cc4N(C)C(=O)[C@H]3C)c2)C1. The lowest BCUT2D eigenvalue weighted by molar-refractivity contribution is -0.157. The molecule has 47 heavy (non-hydrogen) atoms. The molecule has 1 aromatic heterocycles. The van der Waals surface area contributed by atoms with E-state index in [-0.39, 0.29) is 41.9 Å². The van der Waals surface area contributed by atoms with E-state index in [1.54, 1.807) is 38.5 Å². The number of halogens is 1. The summed E-state index contributed by atoms with van der Waals surface area (Å²) < 4.78 is 20.4. The van der Waals surface area contributed by atoms with Gasteiger partial charge in [-0.2, -0.15) is 0 Å². The maximum atomic E-state index is 14.8. The molecular formula is C36H40FN5O5. The predicted molar refractivity (Wildman–Crippen MR) is 174 cm³/mol. The Hall–Kier alpha value is -4.64. The molecule has 0 unspecified atom stereocenters. The lowest BCUT2D eigenvalue weighted by Gasteiger charge is -2.35. The number of likely N-dealkylation sites (N-methyl/N-ethyl adjacent to an activating group) is 1. The molecule has 2 aliphatic heterocycles. The number of carbonyl (C=O) groups is 4. The number of hydrogen-bond acceptors (Lipinski definition) is 7. The topological polar surface area (TPSA) is 112 Å². The standard InChI is InChI=1S/C36H40FN5O5/c1-22-5-4-12-41(22)21-33(43)47-30-15-24(16-30)19-39-34(44)28-13-25(14-29(37)17-28)20-42-23(2)35(45)40(3)32-18-27(6-7-31(32)36(42)46)26-8-10-38-11-9-26/h6-11,13-14,17-18,22-24,30H,4-5,12,15-16,19-21H2,1-3H3,(H,39,44)/t22-,23-,24-,30+/m1/s1. The molecule has 6 rings (SSSR count). The number of nitrogens with one attached hydrogen (secondary N) is 1. The summed E-state index contributed by atoms with van der Waals surface area (Å²) in [5.41, 5.74) is 3.10. The maximum absolute atomic E-state index is 14.8. The molecule has 3 aliphatic rings. The Morgan fingerprint density at radius 2 is 1.79 bits per heavy atom. The van der Waals surface area contributed by atoms with Gasteiger partial charge in [-0.15, -0.1) is 0 Å². The van der Waals surface area contributed by atoms with E-state index >= 15 is 0 Å². The Balaban J connectivity index is 1.08. The minimum absolute atomic E-state index is 0.0605. The van der Waals surface area contributed by atoms with Gasteiger partial charge >= 0.3 is 5.97 Å². The third kappa shape index (κ3) is 7.05. The number of ether oxygens (including phenoxy) is 1. The monoisotopic (exact) mass is 641 g/mol. The molecule has 1 saturated heterocycles. The van der Waals surface area contributed by atoms with E-state index in [1.807, 2.05) is 24.3 Å². The number of pyridine rings is 1. The fourth-order valence-corrected chi connectivity index (χ4v) is 6.75. The van der Waals surface area contributed by atoms with E-state index in [0.717, 1.165) is 36.6 Å². The van der Waals surface area contributed by atoms with E-state index in [2.05, 4.69) is 22.1 Å². The predicted octanol–water partition coefficient (Wildman–Crippen LogP) is 4.43. The summed E-state index contributed by atoms with van der Waals surface area (Å²) in [6.45, 7) is 5.32. The number of esters is 1. The summed E-state index contributed by atoms with van der Waals surface area (Å²) in [6.07, 6.45) is 6.74. The fraction of sp³-hybridized carbons (Fsp3) is 0.417. The van der Waals surface area contributed by atoms with E-state index < -0.39 is 17.8 Å². The normalized spacial score (nSPS) is 22.8. The van der Waals surface area contributed by atoms with Gasteiger partial charge in [-0.1, -0.05) is 6.07 Å². The first-order chi connectivity index (χ1) is 22.6. The summed E-state index contributed by atoms with van der Waals surface area (Å²) in [5, 5.41) is 2.87. The van der Waals surface area contributed by atoms with Gasteiger partial charge in [0.15, 0.2) is 0 Å². The van der Waals surface area contributed by atoms with E-state index in [0.29, 0.717) is 48.8 Å². The number of benzene rings is 2. The van der Waals surface area contributed by atoms with Crippen LogP contribution < -0.4 is 10.2 Å². The van der Waals surface area contributed by atoms with Crippen LogP contribution in [0.15, 0.2) is 60.9 Å². The van der Waals surface area contributed by atoms with Crippen LogP contribution in [-0.4, -0.2) is 83.3 Å². The second kappa shape index (κ2) is 13.6. The van der Waals surface area contributed by atoms with Gasteiger partial charge in [0.25, 0.3) is 11.8 Å². The summed E-state index contributed by atoms with van der Waals surface area (Å²) in [7, 11) is 1.64. The van der Waals surface area contributed by atoms with Crippen molar-refractivity contribution >= 4 is 29.4 Å². The highest BCUT2D eigenvalue weighted by molar-refractivity contribution is 6.11. The smallest absolute Gasteiger partial charge is 0.320 e. The summed E-state index contributed by atoms with van der Waals surface area (Å²) in [4.78, 5) is 61.7. The quantitative estimate of drug-likeness (QED) is 0.344. The molecule has 10 nitrogen and oxygen atoms in total. The van der Waals surface area contributed by atoms with Crippen molar-refractivity contribution in [2.45, 2.75) is 64.3 Å². The number of carbonyl (C=O) groups excluding carboxylic acids is 4. The number of anilines is 1. The Morgan fingerprint density at radius 1 is 1.02 bits per heavy atom. The second-order valence-corrected chi connectivity index (χ2v) is 12.9. The van der Waals surface area contributed by atoms with Crippen LogP contribution in [0.4, 0.5) is 10.1 Å². The van der Waals surface area contributed by atoms with E-state index in [9.17, 15) is 23.6 Å². The average Bonchev–Trinajstić information content (AvgIpc) is 3.44. The highest BCUT2D eigenvalue weighted by atomic mass is 19.1. The van der Waals surface area contributed by atoms with Crippen molar-refractivity contribution in [3.8, 4) is 11.1 Å². The van der Waals surface area contributed by atoms with Gasteiger partial charge in [-0.05, 0) is 111 Å². The first-order valence-electron chi connectivity index (χ1n) is 16.2. The number of fused-ring (bicyclic) bond motifs is 1. The first kappa shape index (κ1) is 32.3. The van der Waals surface area contributed by atoms with E-state index in [4.69, 9.17) is 4.74 Å². The molecule has 2 atom stereocenters. The van der Waals surface area contributed by atoms with Crippen molar-refractivity contribution in [2.24, 2.45) is 5.92 Å². The number of hydrogen-bond donors (Lipinski definition) is 1. The fourth-order valence-electron chi connectivity index (χ4n) is 6.75. The molecule has 1 aliphatic carbocycles. The molecule has 0 bridgehead atoms. The Bertz CT molecular complexity index is 1680. The third-order valence-corrected chi connectivity index (χ3v) is 9.66. The molecule has 3 aromatic rings. The number of aromatic nitrogens is 1. The molecule has 246 valence electrons. The van der Waals surface area contributed by atoms with Gasteiger partial charge in [0.05, 0.1) is 17.8 Å². The van der Waals surface area contributed by atoms with Crippen LogP contribution in [0.25, 0.3) is 11.1 Å². The number of nitrogens with zero attached hydrogens (tertiary/aromatic N) is 4. The highest BCUT2D eigenvalue weighted by Gasteiger charge is 2.36. The van der Waals surface area contributed by atoms with Crippen LogP contribution in [0, 0.1) is 11.7 Å². The van der Waals surface area contributed by atoms with E-state index in [1.165, 1.54) is 15.9 Å². The van der Waals surface area contributed by atoms with Crippen LogP contribution in [0.2, 0.25) is 0 Å². The van der Waals surface area contributed by atoms with Crippen molar-refractivity contribution in [1.29, 1.82) is 0 Å². The molecule has 3 heterocycles. The van der Waals surface area contributed by atoms with Crippen molar-refractivity contribution in [3.05, 3.63) is 83.4 Å². The van der Waals surface area contributed by atoms with Crippen LogP contribution in [0.3, 0.4) is 0 Å². The number of likely N-dealkylation sites (tertiary alicyclic amines) is 1. The Morgan fingerprint density at radius 3 is 2.51 bits per heavy atom. The molecule has 2 aromatic carbocycles. The van der Waals surface area contributed by atoms with Crippen LogP contribution in [0.5, 0.6) is 0 Å². The zero-order valence-corrected chi connectivity index (χ0v) is 26.9. The first-order valence-corrected chi connectivity index (χ1v) is 16.2. The molecular weight excluding hydrogens is 601 g/mol. The molecule has 11 heteroatoms. The van der Waals surface area contributed by atoms with Crippen molar-refractivity contribution in [2.75, 3.05) is 31.6 Å². The van der Waals surface area contributed by atoms with Crippen LogP contribution >= 0.6 is 0 Å². The molecule has 0 radical (unpaired) electrons. The zero-order valence-electron chi connectivity index (χ0n) is 26.9. The highest BCUT2D eigenvalue weighted by Crippen LogP contribution is 2.33. The summed E-state index contributed by atoms with van der Waals surface area (Å²) in [5.74, 6) is -1.74. The Labute approximate surface area is 273 Å². The molecule has 0 spiro atoms. The molecule has 3 amide bonds. The van der Waals surface area contributed by atoms with Crippen molar-refractivity contribution < 1.29 is 28.3 Å². The second-order valence-electron chi connectivity index (χ2n) is 12.9. The molecule has 1 saturated carbocycles. The van der Waals surface area contributed by atoms with Gasteiger partial charge < -0.3 is 19.9 Å².